The average molecular weight is 322 g/mol. The van der Waals surface area contributed by atoms with E-state index in [4.69, 9.17) is 4.42 Å². The van der Waals surface area contributed by atoms with E-state index in [-0.39, 0.29) is 29.7 Å². The van der Waals surface area contributed by atoms with Crippen LogP contribution in [0.4, 0.5) is 7.77 Å². The molecule has 3 rings (SSSR count). The number of hydrogen-bond donors (Lipinski definition) is 0. The predicted octanol–water partition coefficient (Wildman–Crippen LogP) is 5.41. The van der Waals surface area contributed by atoms with Crippen molar-refractivity contribution in [3.05, 3.63) is 58.8 Å². The molecular weight excluding hydrogens is 314 g/mol. The van der Waals surface area contributed by atoms with Crippen molar-refractivity contribution in [2.75, 3.05) is 0 Å². The van der Waals surface area contributed by atoms with E-state index >= 15 is 0 Å². The largest absolute Gasteiger partial charge is 0.456 e. The van der Waals surface area contributed by atoms with Crippen LogP contribution < -0.4 is 5.43 Å². The van der Waals surface area contributed by atoms with Crippen LogP contribution in [0.25, 0.3) is 22.3 Å². The summed E-state index contributed by atoms with van der Waals surface area (Å²) in [6, 6.07) is 12.5. The van der Waals surface area contributed by atoms with E-state index in [0.717, 1.165) is 0 Å². The molecule has 21 heavy (non-hydrogen) atoms. The van der Waals surface area contributed by atoms with Crippen LogP contribution in [0.1, 0.15) is 0 Å². The predicted molar refractivity (Wildman–Crippen MR) is 81.9 cm³/mol. The van der Waals surface area contributed by atoms with Gasteiger partial charge < -0.3 is 4.42 Å². The Labute approximate surface area is 127 Å². The molecule has 2 aromatic carbocycles. The minimum absolute atomic E-state index is 0.0786. The van der Waals surface area contributed by atoms with Gasteiger partial charge in [0.1, 0.15) is 11.3 Å². The Balaban J connectivity index is 2.13. The summed E-state index contributed by atoms with van der Waals surface area (Å²) in [4.78, 5) is 12.9. The highest BCUT2D eigenvalue weighted by Crippen LogP contribution is 2.27. The summed E-state index contributed by atoms with van der Waals surface area (Å²) in [5.74, 6) is 0.392. The molecule has 0 bridgehead atoms. The van der Waals surface area contributed by atoms with Gasteiger partial charge in [0.25, 0.3) is 0 Å². The summed E-state index contributed by atoms with van der Waals surface area (Å²) >= 11 is 0.231. The fraction of sp³-hybridized carbons (Fsp3) is 0. The highest BCUT2D eigenvalue weighted by atomic mass is 32.2. The Bertz CT molecular complexity index is 844. The standard InChI is InChI=1S/C15H8F2O2S2/c16-20-10-3-1-9(2-4-10)15-8-13(18)12-7-11(21-17)5-6-14(12)19-15/h1-8H. The molecule has 0 saturated carbocycles. The Morgan fingerprint density at radius 2 is 1.52 bits per heavy atom. The fourth-order valence-corrected chi connectivity index (χ4v) is 2.52. The maximum Gasteiger partial charge on any atom is 0.193 e. The van der Waals surface area contributed by atoms with Gasteiger partial charge in [0.05, 0.1) is 29.7 Å². The van der Waals surface area contributed by atoms with Crippen LogP contribution in [0, 0.1) is 0 Å². The van der Waals surface area contributed by atoms with E-state index in [1.807, 2.05) is 0 Å². The third-order valence-corrected chi connectivity index (χ3v) is 3.90. The zero-order chi connectivity index (χ0) is 14.8. The highest BCUT2D eigenvalue weighted by molar-refractivity contribution is 7.94. The van der Waals surface area contributed by atoms with Gasteiger partial charge in [-0.2, -0.15) is 7.77 Å². The van der Waals surface area contributed by atoms with E-state index in [0.29, 0.717) is 32.1 Å². The van der Waals surface area contributed by atoms with Crippen LogP contribution in [0.15, 0.2) is 67.5 Å². The van der Waals surface area contributed by atoms with Crippen molar-refractivity contribution in [1.82, 2.24) is 0 Å². The minimum atomic E-state index is -0.244. The molecule has 6 heteroatoms. The maximum absolute atomic E-state index is 12.6. The van der Waals surface area contributed by atoms with Gasteiger partial charge in [-0.25, -0.2) is 0 Å². The lowest BCUT2D eigenvalue weighted by Crippen LogP contribution is -2.00. The molecular formula is C15H8F2O2S2. The van der Waals surface area contributed by atoms with Crippen molar-refractivity contribution in [3.8, 4) is 11.3 Å². The van der Waals surface area contributed by atoms with Crippen LogP contribution in [0.3, 0.4) is 0 Å². The third kappa shape index (κ3) is 2.82. The third-order valence-electron chi connectivity index (χ3n) is 3.02. The quantitative estimate of drug-likeness (QED) is 0.644. The van der Waals surface area contributed by atoms with Gasteiger partial charge in [-0.15, -0.1) is 0 Å². The van der Waals surface area contributed by atoms with Gasteiger partial charge in [-0.3, -0.25) is 4.79 Å². The number of benzene rings is 2. The summed E-state index contributed by atoms with van der Waals surface area (Å²) in [6.07, 6.45) is 0. The molecule has 0 N–H and O–H groups in total. The lowest BCUT2D eigenvalue weighted by molar-refractivity contribution is 0.618. The first-order valence-corrected chi connectivity index (χ1v) is 7.40. The summed E-state index contributed by atoms with van der Waals surface area (Å²) in [5.41, 5.74) is 0.820. The zero-order valence-electron chi connectivity index (χ0n) is 10.5. The van der Waals surface area contributed by atoms with Crippen LogP contribution in [-0.2, 0) is 0 Å². The fourth-order valence-electron chi connectivity index (χ4n) is 2.00. The van der Waals surface area contributed by atoms with Gasteiger partial charge in [-0.1, -0.05) is 12.1 Å². The van der Waals surface area contributed by atoms with Crippen molar-refractivity contribution in [3.63, 3.8) is 0 Å². The molecule has 0 amide bonds. The van der Waals surface area contributed by atoms with E-state index < -0.39 is 0 Å². The van der Waals surface area contributed by atoms with E-state index in [1.54, 1.807) is 36.4 Å². The molecule has 0 fully saturated rings. The SMILES string of the molecule is O=c1cc(-c2ccc(SF)cc2)oc2ccc(SF)cc12. The Morgan fingerprint density at radius 1 is 0.857 bits per heavy atom. The van der Waals surface area contributed by atoms with Crippen molar-refractivity contribution in [1.29, 1.82) is 0 Å². The van der Waals surface area contributed by atoms with Crippen molar-refractivity contribution >= 4 is 35.3 Å². The molecule has 0 aliphatic rings. The van der Waals surface area contributed by atoms with Gasteiger partial charge in [0.15, 0.2) is 5.43 Å². The van der Waals surface area contributed by atoms with Crippen LogP contribution in [-0.4, -0.2) is 0 Å². The van der Waals surface area contributed by atoms with Crippen LogP contribution in [0.5, 0.6) is 0 Å². The normalized spacial score (nSPS) is 11.0. The summed E-state index contributed by atoms with van der Waals surface area (Å²) < 4.78 is 30.6. The average Bonchev–Trinajstić information content (AvgIpc) is 2.54. The van der Waals surface area contributed by atoms with E-state index in [9.17, 15) is 12.6 Å². The van der Waals surface area contributed by atoms with Crippen LogP contribution in [0.2, 0.25) is 0 Å². The molecule has 2 nitrogen and oxygen atoms in total. The van der Waals surface area contributed by atoms with Gasteiger partial charge in [0.2, 0.25) is 0 Å². The van der Waals surface area contributed by atoms with Gasteiger partial charge >= 0.3 is 0 Å². The lowest BCUT2D eigenvalue weighted by atomic mass is 10.1. The summed E-state index contributed by atoms with van der Waals surface area (Å²) in [7, 11) is 0. The second kappa shape index (κ2) is 5.91. The first-order valence-electron chi connectivity index (χ1n) is 5.97. The minimum Gasteiger partial charge on any atom is -0.456 e. The van der Waals surface area contributed by atoms with Crippen molar-refractivity contribution in [2.24, 2.45) is 0 Å². The van der Waals surface area contributed by atoms with Gasteiger partial charge in [-0.05, 0) is 30.3 Å². The second-order valence-electron chi connectivity index (χ2n) is 4.31. The Morgan fingerprint density at radius 3 is 2.19 bits per heavy atom. The molecule has 0 atom stereocenters. The lowest BCUT2D eigenvalue weighted by Gasteiger charge is -2.04. The first kappa shape index (κ1) is 14.2. The van der Waals surface area contributed by atoms with Crippen molar-refractivity contribution in [2.45, 2.75) is 9.79 Å². The second-order valence-corrected chi connectivity index (χ2v) is 5.56. The van der Waals surface area contributed by atoms with E-state index in [1.165, 1.54) is 12.1 Å². The monoisotopic (exact) mass is 322 g/mol. The summed E-state index contributed by atoms with van der Waals surface area (Å²) in [5, 5.41) is 0.331. The molecule has 1 heterocycles. The molecule has 0 radical (unpaired) electrons. The smallest absolute Gasteiger partial charge is 0.193 e. The topological polar surface area (TPSA) is 30.2 Å². The summed E-state index contributed by atoms with van der Waals surface area (Å²) in [6.45, 7) is 0. The molecule has 0 unspecified atom stereocenters. The Hall–Kier alpha value is -1.79. The van der Waals surface area contributed by atoms with Crippen LogP contribution >= 0.6 is 24.3 Å². The number of halogens is 2. The zero-order valence-corrected chi connectivity index (χ0v) is 12.1. The van der Waals surface area contributed by atoms with Gasteiger partial charge in [0, 0.05) is 21.4 Å². The number of rotatable bonds is 3. The molecule has 106 valence electrons. The number of hydrogen-bond acceptors (Lipinski definition) is 4. The first-order chi connectivity index (χ1) is 10.2. The molecule has 3 aromatic rings. The molecule has 0 aliphatic carbocycles. The van der Waals surface area contributed by atoms with Crippen molar-refractivity contribution < 1.29 is 12.2 Å². The number of fused-ring (bicyclic) bond motifs is 1. The maximum atomic E-state index is 12.6. The Kier molecular flexibility index (Phi) is 3.98. The molecule has 0 saturated heterocycles. The molecule has 1 aromatic heterocycles. The van der Waals surface area contributed by atoms with E-state index in [2.05, 4.69) is 0 Å². The highest BCUT2D eigenvalue weighted by Gasteiger charge is 2.08. The molecule has 0 spiro atoms. The molecule has 0 aliphatic heterocycles.